The highest BCUT2D eigenvalue weighted by Gasteiger charge is 2.23. The van der Waals surface area contributed by atoms with Crippen molar-refractivity contribution in [3.8, 4) is 5.75 Å². The summed E-state index contributed by atoms with van der Waals surface area (Å²) in [6, 6.07) is 11.4. The summed E-state index contributed by atoms with van der Waals surface area (Å²) in [5, 5.41) is 8.52. The van der Waals surface area contributed by atoms with Gasteiger partial charge in [-0.3, -0.25) is 24.3 Å². The molecule has 1 aromatic heterocycles. The van der Waals surface area contributed by atoms with Crippen LogP contribution in [-0.2, 0) is 16.1 Å². The fourth-order valence-electron chi connectivity index (χ4n) is 3.13. The van der Waals surface area contributed by atoms with Crippen molar-refractivity contribution in [1.82, 2.24) is 9.78 Å². The monoisotopic (exact) mass is 394 g/mol. The summed E-state index contributed by atoms with van der Waals surface area (Å²) in [5.41, 5.74) is 0.198. The zero-order valence-electron chi connectivity index (χ0n) is 15.5. The number of fused-ring (bicyclic) bond motifs is 2. The number of aromatic nitrogens is 2. The van der Waals surface area contributed by atoms with E-state index in [2.05, 4.69) is 15.7 Å². The number of amides is 2. The second kappa shape index (κ2) is 7.27. The Bertz CT molecular complexity index is 1240. The number of benzene rings is 2. The second-order valence-electron chi connectivity index (χ2n) is 6.70. The number of carbonyl (C=O) groups is 2. The van der Waals surface area contributed by atoms with Crippen LogP contribution < -0.4 is 26.5 Å². The minimum absolute atomic E-state index is 0.0209. The van der Waals surface area contributed by atoms with Crippen LogP contribution in [0, 0.1) is 0 Å². The van der Waals surface area contributed by atoms with Crippen LogP contribution in [0.5, 0.6) is 5.75 Å². The Morgan fingerprint density at radius 2 is 1.90 bits per heavy atom. The molecule has 0 fully saturated rings. The molecule has 0 bridgehead atoms. The predicted octanol–water partition coefficient (Wildman–Crippen LogP) is 1.44. The van der Waals surface area contributed by atoms with Crippen LogP contribution in [0.25, 0.3) is 10.8 Å². The van der Waals surface area contributed by atoms with Crippen molar-refractivity contribution in [2.75, 3.05) is 10.6 Å². The standard InChI is InChI=1S/C20H18N4O5/c1-11-18(26)22-15-10-12(6-7-16(15)29-11)21-17(25)8-9-24-20(28)14-5-3-2-4-13(14)19(27)23-24/h2-7,10-11H,8-9H2,1H3,(H,21,25)(H,22,26)(H,23,27)/t11-/m1/s1. The molecule has 29 heavy (non-hydrogen) atoms. The maximum Gasteiger partial charge on any atom is 0.273 e. The lowest BCUT2D eigenvalue weighted by Crippen LogP contribution is -2.34. The molecule has 0 aliphatic carbocycles. The summed E-state index contributed by atoms with van der Waals surface area (Å²) in [7, 11) is 0. The van der Waals surface area contributed by atoms with Gasteiger partial charge in [-0.05, 0) is 37.3 Å². The van der Waals surface area contributed by atoms with Gasteiger partial charge >= 0.3 is 0 Å². The van der Waals surface area contributed by atoms with Crippen LogP contribution in [0.3, 0.4) is 0 Å². The van der Waals surface area contributed by atoms with Gasteiger partial charge in [-0.2, -0.15) is 0 Å². The number of anilines is 2. The predicted molar refractivity (Wildman–Crippen MR) is 107 cm³/mol. The quantitative estimate of drug-likeness (QED) is 0.618. The van der Waals surface area contributed by atoms with Gasteiger partial charge in [0.05, 0.1) is 23.0 Å². The van der Waals surface area contributed by atoms with Crippen molar-refractivity contribution in [1.29, 1.82) is 0 Å². The molecule has 0 saturated heterocycles. The number of ether oxygens (including phenoxy) is 1. The van der Waals surface area contributed by atoms with Gasteiger partial charge in [-0.25, -0.2) is 4.68 Å². The van der Waals surface area contributed by atoms with Crippen LogP contribution in [0.2, 0.25) is 0 Å². The summed E-state index contributed by atoms with van der Waals surface area (Å²) in [5.74, 6) is -0.0849. The Balaban J connectivity index is 1.46. The average molecular weight is 394 g/mol. The molecule has 0 unspecified atom stereocenters. The summed E-state index contributed by atoms with van der Waals surface area (Å²) >= 11 is 0. The highest BCUT2D eigenvalue weighted by Crippen LogP contribution is 2.32. The molecule has 3 aromatic rings. The Morgan fingerprint density at radius 3 is 2.69 bits per heavy atom. The lowest BCUT2D eigenvalue weighted by molar-refractivity contribution is -0.122. The van der Waals surface area contributed by atoms with E-state index in [0.29, 0.717) is 27.9 Å². The zero-order chi connectivity index (χ0) is 20.5. The first kappa shape index (κ1) is 18.5. The van der Waals surface area contributed by atoms with Crippen molar-refractivity contribution in [3.63, 3.8) is 0 Å². The normalized spacial score (nSPS) is 15.3. The number of hydrogen-bond donors (Lipinski definition) is 3. The number of nitrogens with one attached hydrogen (secondary N) is 3. The smallest absolute Gasteiger partial charge is 0.273 e. The molecule has 0 radical (unpaired) electrons. The molecule has 1 aliphatic heterocycles. The average Bonchev–Trinajstić information content (AvgIpc) is 2.71. The number of hydrogen-bond acceptors (Lipinski definition) is 5. The first-order valence-corrected chi connectivity index (χ1v) is 9.05. The second-order valence-corrected chi connectivity index (χ2v) is 6.70. The number of carbonyl (C=O) groups excluding carboxylic acids is 2. The summed E-state index contributed by atoms with van der Waals surface area (Å²) < 4.78 is 6.60. The van der Waals surface area contributed by atoms with Gasteiger partial charge in [0.2, 0.25) is 5.91 Å². The van der Waals surface area contributed by atoms with Gasteiger partial charge in [-0.15, -0.1) is 0 Å². The number of nitrogens with zero attached hydrogens (tertiary/aromatic N) is 1. The lowest BCUT2D eigenvalue weighted by Gasteiger charge is -2.23. The fourth-order valence-corrected chi connectivity index (χ4v) is 3.13. The topological polar surface area (TPSA) is 122 Å². The van der Waals surface area contributed by atoms with E-state index in [-0.39, 0.29) is 35.9 Å². The molecule has 1 atom stereocenters. The van der Waals surface area contributed by atoms with Gasteiger partial charge < -0.3 is 15.4 Å². The minimum Gasteiger partial charge on any atom is -0.479 e. The molecule has 0 saturated carbocycles. The van der Waals surface area contributed by atoms with Crippen LogP contribution >= 0.6 is 0 Å². The number of aromatic amines is 1. The van der Waals surface area contributed by atoms with Crippen molar-refractivity contribution < 1.29 is 14.3 Å². The molecule has 9 heteroatoms. The largest absolute Gasteiger partial charge is 0.479 e. The maximum atomic E-state index is 12.5. The van der Waals surface area contributed by atoms with Gasteiger partial charge in [0, 0.05) is 12.1 Å². The molecule has 9 nitrogen and oxygen atoms in total. The van der Waals surface area contributed by atoms with E-state index in [4.69, 9.17) is 4.74 Å². The number of aryl methyl sites for hydroxylation is 1. The Morgan fingerprint density at radius 1 is 1.14 bits per heavy atom. The summed E-state index contributed by atoms with van der Waals surface area (Å²) in [6.07, 6.45) is -0.601. The number of H-pyrrole nitrogens is 1. The Kier molecular flexibility index (Phi) is 4.63. The van der Waals surface area contributed by atoms with Gasteiger partial charge in [0.15, 0.2) is 6.10 Å². The summed E-state index contributed by atoms with van der Waals surface area (Å²) in [6.45, 7) is 1.67. The highest BCUT2D eigenvalue weighted by atomic mass is 16.5. The van der Waals surface area contributed by atoms with E-state index < -0.39 is 6.10 Å². The third-order valence-corrected chi connectivity index (χ3v) is 4.64. The SMILES string of the molecule is C[C@H]1Oc2ccc(NC(=O)CCn3[nH]c(=O)c4ccccc4c3=O)cc2NC1=O. The van der Waals surface area contributed by atoms with E-state index >= 15 is 0 Å². The molecule has 148 valence electrons. The Labute approximate surface area is 164 Å². The first-order chi connectivity index (χ1) is 13.9. The molecule has 0 spiro atoms. The highest BCUT2D eigenvalue weighted by molar-refractivity contribution is 5.99. The van der Waals surface area contributed by atoms with Crippen LogP contribution in [0.4, 0.5) is 11.4 Å². The third-order valence-electron chi connectivity index (χ3n) is 4.64. The van der Waals surface area contributed by atoms with E-state index in [1.54, 1.807) is 49.4 Å². The van der Waals surface area contributed by atoms with E-state index in [1.165, 1.54) is 0 Å². The molecular formula is C20H18N4O5. The lowest BCUT2D eigenvalue weighted by atomic mass is 10.2. The van der Waals surface area contributed by atoms with Crippen molar-refractivity contribution in [2.24, 2.45) is 0 Å². The number of rotatable bonds is 4. The van der Waals surface area contributed by atoms with Crippen LogP contribution in [-0.4, -0.2) is 27.7 Å². The zero-order valence-corrected chi connectivity index (χ0v) is 15.5. The van der Waals surface area contributed by atoms with E-state index in [0.717, 1.165) is 4.68 Å². The van der Waals surface area contributed by atoms with Gasteiger partial charge in [0.1, 0.15) is 5.75 Å². The molecule has 2 amide bonds. The molecule has 1 aliphatic rings. The van der Waals surface area contributed by atoms with Crippen LogP contribution in [0.15, 0.2) is 52.1 Å². The third kappa shape index (κ3) is 3.62. The molecular weight excluding hydrogens is 376 g/mol. The van der Waals surface area contributed by atoms with Crippen LogP contribution in [0.1, 0.15) is 13.3 Å². The van der Waals surface area contributed by atoms with Crippen molar-refractivity contribution in [2.45, 2.75) is 26.0 Å². The maximum absolute atomic E-state index is 12.5. The molecule has 4 rings (SSSR count). The molecule has 2 heterocycles. The first-order valence-electron chi connectivity index (χ1n) is 9.05. The van der Waals surface area contributed by atoms with E-state index in [1.807, 2.05) is 0 Å². The van der Waals surface area contributed by atoms with Gasteiger partial charge in [-0.1, -0.05) is 12.1 Å². The fraction of sp³-hybridized carbons (Fsp3) is 0.200. The molecule has 3 N–H and O–H groups in total. The summed E-state index contributed by atoms with van der Waals surface area (Å²) in [4.78, 5) is 48.6. The van der Waals surface area contributed by atoms with Crippen molar-refractivity contribution in [3.05, 3.63) is 63.2 Å². The minimum atomic E-state index is -0.578. The van der Waals surface area contributed by atoms with Gasteiger partial charge in [0.25, 0.3) is 17.0 Å². The Hall–Kier alpha value is -3.88. The molecule has 2 aromatic carbocycles. The van der Waals surface area contributed by atoms with E-state index in [9.17, 15) is 19.2 Å². The van der Waals surface area contributed by atoms with Crippen molar-refractivity contribution >= 4 is 34.0 Å².